The van der Waals surface area contributed by atoms with E-state index in [9.17, 15) is 18.9 Å². The van der Waals surface area contributed by atoms with Crippen molar-refractivity contribution in [2.75, 3.05) is 5.32 Å². The highest BCUT2D eigenvalue weighted by atomic mass is 35.5. The predicted molar refractivity (Wildman–Crippen MR) is 76.3 cm³/mol. The Bertz CT molecular complexity index is 668. The van der Waals surface area contributed by atoms with E-state index in [-0.39, 0.29) is 28.7 Å². The number of hydrogen-bond donors (Lipinski definition) is 1. The van der Waals surface area contributed by atoms with Crippen molar-refractivity contribution >= 4 is 23.0 Å². The van der Waals surface area contributed by atoms with Crippen LogP contribution in [0.3, 0.4) is 0 Å². The van der Waals surface area contributed by atoms with Crippen LogP contribution in [0, 0.1) is 10.1 Å². The topological polar surface area (TPSA) is 77.3 Å². The predicted octanol–water partition coefficient (Wildman–Crippen LogP) is 3.86. The second kappa shape index (κ2) is 6.99. The first-order valence-corrected chi connectivity index (χ1v) is 6.41. The van der Waals surface area contributed by atoms with Crippen molar-refractivity contribution in [3.05, 3.63) is 57.4 Å². The lowest BCUT2D eigenvalue weighted by molar-refractivity contribution is -0.383. The average Bonchev–Trinajstić information content (AvgIpc) is 2.46. The first-order chi connectivity index (χ1) is 10.5. The fourth-order valence-electron chi connectivity index (χ4n) is 1.68. The highest BCUT2D eigenvalue weighted by molar-refractivity contribution is 6.30. The second-order valence-corrected chi connectivity index (χ2v) is 4.57. The molecule has 0 spiro atoms. The summed E-state index contributed by atoms with van der Waals surface area (Å²) in [5.41, 5.74) is 0.625. The molecule has 1 aromatic carbocycles. The van der Waals surface area contributed by atoms with Crippen molar-refractivity contribution in [1.82, 2.24) is 4.98 Å². The van der Waals surface area contributed by atoms with Crippen LogP contribution in [0.15, 0.2) is 36.5 Å². The summed E-state index contributed by atoms with van der Waals surface area (Å²) in [6.07, 6.45) is 1.15. The van der Waals surface area contributed by atoms with Crippen molar-refractivity contribution in [2.45, 2.75) is 13.2 Å². The number of nitrogens with zero attached hydrogens (tertiary/aromatic N) is 2. The smallest absolute Gasteiger partial charge is 0.387 e. The van der Waals surface area contributed by atoms with E-state index in [1.165, 1.54) is 30.3 Å². The summed E-state index contributed by atoms with van der Waals surface area (Å²) in [6.45, 7) is -2.74. The van der Waals surface area contributed by atoms with Crippen molar-refractivity contribution in [2.24, 2.45) is 0 Å². The zero-order valence-corrected chi connectivity index (χ0v) is 11.8. The maximum absolute atomic E-state index is 12.0. The molecule has 2 rings (SSSR count). The molecule has 116 valence electrons. The molecule has 0 aliphatic carbocycles. The molecule has 22 heavy (non-hydrogen) atoms. The third kappa shape index (κ3) is 4.26. The van der Waals surface area contributed by atoms with Gasteiger partial charge < -0.3 is 10.1 Å². The number of halogens is 3. The van der Waals surface area contributed by atoms with Crippen LogP contribution in [0.1, 0.15) is 5.69 Å². The van der Waals surface area contributed by atoms with Crippen LogP contribution >= 0.6 is 11.6 Å². The fourth-order valence-corrected chi connectivity index (χ4v) is 1.85. The Labute approximate surface area is 128 Å². The number of rotatable bonds is 6. The van der Waals surface area contributed by atoms with Gasteiger partial charge in [-0.05, 0) is 24.3 Å². The standard InChI is InChI=1S/C13H10ClF2N3O3/c14-8-1-4-11(12(5-8)19(20)21)18-6-9-2-3-10(7-17-9)22-13(15)16/h1-5,7,13,18H,6H2. The molecule has 1 heterocycles. The van der Waals surface area contributed by atoms with Crippen LogP contribution in [0.2, 0.25) is 5.02 Å². The zero-order chi connectivity index (χ0) is 16.1. The lowest BCUT2D eigenvalue weighted by Crippen LogP contribution is -2.05. The van der Waals surface area contributed by atoms with Crippen LogP contribution < -0.4 is 10.1 Å². The number of pyridine rings is 1. The van der Waals surface area contributed by atoms with Gasteiger partial charge in [-0.1, -0.05) is 11.6 Å². The Morgan fingerprint density at radius 3 is 2.73 bits per heavy atom. The molecule has 0 aliphatic rings. The molecule has 0 radical (unpaired) electrons. The van der Waals surface area contributed by atoms with Gasteiger partial charge in [-0.25, -0.2) is 0 Å². The second-order valence-electron chi connectivity index (χ2n) is 4.14. The monoisotopic (exact) mass is 329 g/mol. The van der Waals surface area contributed by atoms with Crippen LogP contribution in [-0.4, -0.2) is 16.5 Å². The van der Waals surface area contributed by atoms with Gasteiger partial charge in [0.1, 0.15) is 11.4 Å². The number of nitro benzene ring substituents is 1. The van der Waals surface area contributed by atoms with E-state index in [4.69, 9.17) is 11.6 Å². The highest BCUT2D eigenvalue weighted by Gasteiger charge is 2.14. The summed E-state index contributed by atoms with van der Waals surface area (Å²) < 4.78 is 28.2. The summed E-state index contributed by atoms with van der Waals surface area (Å²) in [7, 11) is 0. The largest absolute Gasteiger partial charge is 0.433 e. The Morgan fingerprint density at radius 1 is 1.36 bits per heavy atom. The molecule has 0 atom stereocenters. The van der Waals surface area contributed by atoms with E-state index in [2.05, 4.69) is 15.0 Å². The molecule has 0 fully saturated rings. The molecular formula is C13H10ClF2N3O3. The SMILES string of the molecule is O=[N+]([O-])c1cc(Cl)ccc1NCc1ccc(OC(F)F)cn1. The van der Waals surface area contributed by atoms with Crippen molar-refractivity contribution in [1.29, 1.82) is 0 Å². The first kappa shape index (κ1) is 15.9. The number of nitro groups is 1. The van der Waals surface area contributed by atoms with Gasteiger partial charge in [0.15, 0.2) is 0 Å². The number of hydrogen-bond acceptors (Lipinski definition) is 5. The number of anilines is 1. The minimum atomic E-state index is -2.91. The Kier molecular flexibility index (Phi) is 5.05. The van der Waals surface area contributed by atoms with Crippen LogP contribution in [0.4, 0.5) is 20.2 Å². The maximum Gasteiger partial charge on any atom is 0.387 e. The van der Waals surface area contributed by atoms with Crippen molar-refractivity contribution < 1.29 is 18.4 Å². The summed E-state index contributed by atoms with van der Waals surface area (Å²) in [4.78, 5) is 14.3. The summed E-state index contributed by atoms with van der Waals surface area (Å²) in [5.74, 6) is -0.0591. The fraction of sp³-hybridized carbons (Fsp3) is 0.154. The maximum atomic E-state index is 12.0. The van der Waals surface area contributed by atoms with E-state index in [1.54, 1.807) is 0 Å². The normalized spacial score (nSPS) is 10.5. The lowest BCUT2D eigenvalue weighted by atomic mass is 10.2. The number of ether oxygens (including phenoxy) is 1. The number of benzene rings is 1. The van der Waals surface area contributed by atoms with E-state index in [0.717, 1.165) is 6.20 Å². The quantitative estimate of drug-likeness (QED) is 0.643. The molecule has 2 aromatic rings. The van der Waals surface area contributed by atoms with Gasteiger partial charge in [-0.3, -0.25) is 15.1 Å². The third-order valence-electron chi connectivity index (χ3n) is 2.64. The molecule has 0 bridgehead atoms. The molecule has 0 saturated heterocycles. The van der Waals surface area contributed by atoms with Gasteiger partial charge in [-0.15, -0.1) is 0 Å². The molecule has 9 heteroatoms. The van der Waals surface area contributed by atoms with Crippen LogP contribution in [-0.2, 0) is 6.54 Å². The van der Waals surface area contributed by atoms with Gasteiger partial charge in [0.25, 0.3) is 5.69 Å². The molecule has 1 aromatic heterocycles. The van der Waals surface area contributed by atoms with Crippen molar-refractivity contribution in [3.8, 4) is 5.75 Å². The van der Waals surface area contributed by atoms with Gasteiger partial charge >= 0.3 is 6.61 Å². The van der Waals surface area contributed by atoms with E-state index in [1.807, 2.05) is 0 Å². The van der Waals surface area contributed by atoms with Gasteiger partial charge in [-0.2, -0.15) is 8.78 Å². The molecule has 6 nitrogen and oxygen atoms in total. The molecule has 0 amide bonds. The number of alkyl halides is 2. The number of nitrogens with one attached hydrogen (secondary N) is 1. The van der Waals surface area contributed by atoms with Crippen molar-refractivity contribution in [3.63, 3.8) is 0 Å². The van der Waals surface area contributed by atoms with Gasteiger partial charge in [0.05, 0.1) is 23.4 Å². The molecular weight excluding hydrogens is 320 g/mol. The summed E-state index contributed by atoms with van der Waals surface area (Å²) in [5, 5.41) is 14.0. The lowest BCUT2D eigenvalue weighted by Gasteiger charge is -2.08. The van der Waals surface area contributed by atoms with Crippen LogP contribution in [0.5, 0.6) is 5.75 Å². The van der Waals surface area contributed by atoms with Crippen LogP contribution in [0.25, 0.3) is 0 Å². The van der Waals surface area contributed by atoms with Gasteiger partial charge in [0.2, 0.25) is 0 Å². The zero-order valence-electron chi connectivity index (χ0n) is 11.0. The molecule has 0 aliphatic heterocycles. The van der Waals surface area contributed by atoms with E-state index in [0.29, 0.717) is 5.69 Å². The average molecular weight is 330 g/mol. The Morgan fingerprint density at radius 2 is 2.14 bits per heavy atom. The highest BCUT2D eigenvalue weighted by Crippen LogP contribution is 2.28. The van der Waals surface area contributed by atoms with E-state index >= 15 is 0 Å². The Hall–Kier alpha value is -2.48. The molecule has 1 N–H and O–H groups in total. The summed E-state index contributed by atoms with van der Waals surface area (Å²) >= 11 is 5.72. The molecule has 0 unspecified atom stereocenters. The molecule has 0 saturated carbocycles. The van der Waals surface area contributed by atoms with E-state index < -0.39 is 11.5 Å². The third-order valence-corrected chi connectivity index (χ3v) is 2.87. The Balaban J connectivity index is 2.05. The minimum absolute atomic E-state index is 0.0591. The first-order valence-electron chi connectivity index (χ1n) is 6.03. The summed E-state index contributed by atoms with van der Waals surface area (Å²) in [6, 6.07) is 7.05. The minimum Gasteiger partial charge on any atom is -0.433 e. The number of aromatic nitrogens is 1. The van der Waals surface area contributed by atoms with Gasteiger partial charge in [0, 0.05) is 11.1 Å².